The van der Waals surface area contributed by atoms with Gasteiger partial charge in [0.15, 0.2) is 16.9 Å². The summed E-state index contributed by atoms with van der Waals surface area (Å²) in [5, 5.41) is -0.0175. The molecule has 0 amide bonds. The normalized spacial score (nSPS) is 13.0. The van der Waals surface area contributed by atoms with Crippen LogP contribution in [0.5, 0.6) is 5.75 Å². The third-order valence-corrected chi connectivity index (χ3v) is 4.90. The molecule has 0 saturated heterocycles. The van der Waals surface area contributed by atoms with Gasteiger partial charge in [0.1, 0.15) is 5.75 Å². The first kappa shape index (κ1) is 16.6. The molecule has 0 fully saturated rings. The molecule has 0 saturated carbocycles. The number of aryl methyl sites for hydroxylation is 1. The lowest BCUT2D eigenvalue weighted by Crippen LogP contribution is -2.37. The van der Waals surface area contributed by atoms with E-state index in [2.05, 4.69) is 4.98 Å². The summed E-state index contributed by atoms with van der Waals surface area (Å²) < 4.78 is 8.98. The number of carbonyl (C=O) groups excluding carboxylic acids is 1. The Morgan fingerprint density at radius 3 is 2.81 bits per heavy atom. The van der Waals surface area contributed by atoms with E-state index in [0.29, 0.717) is 12.2 Å². The van der Waals surface area contributed by atoms with E-state index >= 15 is 0 Å². The molecule has 1 aliphatic rings. The van der Waals surface area contributed by atoms with Gasteiger partial charge < -0.3 is 9.30 Å². The molecule has 9 heteroatoms. The fourth-order valence-corrected chi connectivity index (χ4v) is 3.38. The van der Waals surface area contributed by atoms with E-state index in [4.69, 9.17) is 16.3 Å². The van der Waals surface area contributed by atoms with Gasteiger partial charge in [-0.15, -0.1) is 0 Å². The number of imidazole rings is 1. The first-order valence-corrected chi connectivity index (χ1v) is 8.37. The Hall–Kier alpha value is -2.87. The first-order valence-electron chi connectivity index (χ1n) is 7.99. The minimum absolute atomic E-state index is 0.0175. The van der Waals surface area contributed by atoms with Gasteiger partial charge in [-0.1, -0.05) is 0 Å². The summed E-state index contributed by atoms with van der Waals surface area (Å²) in [5.41, 5.74) is 0.715. The van der Waals surface area contributed by atoms with E-state index in [1.807, 2.05) is 0 Å². The second-order valence-electron chi connectivity index (χ2n) is 6.19. The third-order valence-electron chi connectivity index (χ3n) is 4.61. The van der Waals surface area contributed by atoms with Gasteiger partial charge in [0.25, 0.3) is 5.56 Å². The summed E-state index contributed by atoms with van der Waals surface area (Å²) in [6.45, 7) is 0.456. The maximum Gasteiger partial charge on any atom is 0.332 e. The number of carbonyl (C=O) groups is 1. The van der Waals surface area contributed by atoms with E-state index < -0.39 is 11.2 Å². The zero-order valence-electron chi connectivity index (χ0n) is 14.2. The maximum atomic E-state index is 12.7. The largest absolute Gasteiger partial charge is 0.493 e. The molecule has 134 valence electrons. The molecule has 0 aliphatic carbocycles. The zero-order valence-corrected chi connectivity index (χ0v) is 14.9. The Labute approximate surface area is 152 Å². The number of benzene rings is 1. The highest BCUT2D eigenvalue weighted by Gasteiger charge is 2.21. The van der Waals surface area contributed by atoms with Crippen LogP contribution in [-0.4, -0.2) is 31.1 Å². The number of Topliss-reactive ketones (excluding diaryl/α,β-unsaturated/α-hetero) is 1. The second-order valence-corrected chi connectivity index (χ2v) is 6.53. The lowest BCUT2D eigenvalue weighted by Gasteiger charge is -2.08. The number of halogens is 1. The van der Waals surface area contributed by atoms with Crippen molar-refractivity contribution >= 4 is 28.5 Å². The summed E-state index contributed by atoms with van der Waals surface area (Å²) in [7, 11) is 2.87. The molecule has 1 aromatic carbocycles. The van der Waals surface area contributed by atoms with Crippen LogP contribution >= 0.6 is 11.6 Å². The molecular weight excluding hydrogens is 360 g/mol. The number of fused-ring (bicyclic) bond motifs is 2. The summed E-state index contributed by atoms with van der Waals surface area (Å²) in [4.78, 5) is 41.4. The lowest BCUT2D eigenvalue weighted by atomic mass is 10.1. The van der Waals surface area contributed by atoms with Crippen LogP contribution in [0.3, 0.4) is 0 Å². The van der Waals surface area contributed by atoms with Gasteiger partial charge in [-0.2, -0.15) is 4.98 Å². The molecule has 0 radical (unpaired) electrons. The Balaban J connectivity index is 1.80. The fraction of sp³-hybridized carbons (Fsp3) is 0.294. The number of ketones is 1. The molecule has 0 atom stereocenters. The standard InChI is InChI=1S/C17H15ClN4O4/c1-20-14-13(15(24)21(2)17(20)25)22(16(18)19-14)8-11(23)9-3-4-12-10(7-9)5-6-26-12/h3-4,7H,5-6,8H2,1-2H3. The smallest absolute Gasteiger partial charge is 0.332 e. The predicted molar refractivity (Wildman–Crippen MR) is 95.2 cm³/mol. The van der Waals surface area contributed by atoms with Crippen molar-refractivity contribution in [3.63, 3.8) is 0 Å². The zero-order chi connectivity index (χ0) is 18.6. The van der Waals surface area contributed by atoms with Crippen molar-refractivity contribution in [3.05, 3.63) is 55.4 Å². The van der Waals surface area contributed by atoms with E-state index in [1.165, 1.54) is 23.2 Å². The van der Waals surface area contributed by atoms with Crippen molar-refractivity contribution in [2.24, 2.45) is 14.1 Å². The molecular formula is C17H15ClN4O4. The van der Waals surface area contributed by atoms with Crippen LogP contribution < -0.4 is 16.0 Å². The lowest BCUT2D eigenvalue weighted by molar-refractivity contribution is 0.0973. The first-order chi connectivity index (χ1) is 12.4. The van der Waals surface area contributed by atoms with Gasteiger partial charge >= 0.3 is 5.69 Å². The number of nitrogens with zero attached hydrogens (tertiary/aromatic N) is 4. The highest BCUT2D eigenvalue weighted by molar-refractivity contribution is 6.29. The highest BCUT2D eigenvalue weighted by Crippen LogP contribution is 2.26. The Kier molecular flexibility index (Phi) is 3.73. The molecule has 0 bridgehead atoms. The Morgan fingerprint density at radius 1 is 1.27 bits per heavy atom. The highest BCUT2D eigenvalue weighted by atomic mass is 35.5. The number of aromatic nitrogens is 4. The van der Waals surface area contributed by atoms with Crippen molar-refractivity contribution in [3.8, 4) is 5.75 Å². The van der Waals surface area contributed by atoms with E-state index in [1.54, 1.807) is 18.2 Å². The molecule has 2 aromatic heterocycles. The summed E-state index contributed by atoms with van der Waals surface area (Å²) in [6, 6.07) is 5.25. The van der Waals surface area contributed by atoms with Gasteiger partial charge in [-0.25, -0.2) is 4.79 Å². The molecule has 8 nitrogen and oxygen atoms in total. The Bertz CT molecular complexity index is 1190. The van der Waals surface area contributed by atoms with Crippen LogP contribution in [0.15, 0.2) is 27.8 Å². The molecule has 3 heterocycles. The molecule has 0 unspecified atom stereocenters. The molecule has 26 heavy (non-hydrogen) atoms. The quantitative estimate of drug-likeness (QED) is 0.502. The SMILES string of the molecule is Cn1c(=O)c2c(nc(Cl)n2CC(=O)c2ccc3c(c2)CCO3)n(C)c1=O. The number of hydrogen-bond donors (Lipinski definition) is 0. The van der Waals surface area contributed by atoms with Crippen LogP contribution in [0.2, 0.25) is 5.28 Å². The van der Waals surface area contributed by atoms with Gasteiger partial charge in [-0.3, -0.25) is 18.7 Å². The van der Waals surface area contributed by atoms with Gasteiger partial charge in [0.2, 0.25) is 5.28 Å². The monoisotopic (exact) mass is 374 g/mol. The number of rotatable bonds is 3. The van der Waals surface area contributed by atoms with Crippen molar-refractivity contribution in [2.75, 3.05) is 6.61 Å². The number of hydrogen-bond acceptors (Lipinski definition) is 5. The molecule has 0 spiro atoms. The molecule has 3 aromatic rings. The van der Waals surface area contributed by atoms with Crippen molar-refractivity contribution in [2.45, 2.75) is 13.0 Å². The van der Waals surface area contributed by atoms with Crippen LogP contribution in [0.4, 0.5) is 0 Å². The van der Waals surface area contributed by atoms with Crippen LogP contribution in [-0.2, 0) is 27.1 Å². The minimum atomic E-state index is -0.544. The molecule has 1 aliphatic heterocycles. The van der Waals surface area contributed by atoms with Crippen LogP contribution in [0, 0.1) is 0 Å². The second kappa shape index (κ2) is 5.84. The Morgan fingerprint density at radius 2 is 2.04 bits per heavy atom. The van der Waals surface area contributed by atoms with Crippen LogP contribution in [0.25, 0.3) is 11.2 Å². The van der Waals surface area contributed by atoms with Crippen molar-refractivity contribution in [1.29, 1.82) is 0 Å². The summed E-state index contributed by atoms with van der Waals surface area (Å²) >= 11 is 6.16. The van der Waals surface area contributed by atoms with Crippen LogP contribution in [0.1, 0.15) is 15.9 Å². The predicted octanol–water partition coefficient (Wildman–Crippen LogP) is 0.905. The van der Waals surface area contributed by atoms with E-state index in [-0.39, 0.29) is 28.8 Å². The maximum absolute atomic E-state index is 12.7. The topological polar surface area (TPSA) is 88.1 Å². The van der Waals surface area contributed by atoms with E-state index in [9.17, 15) is 14.4 Å². The molecule has 4 rings (SSSR count). The van der Waals surface area contributed by atoms with Gasteiger partial charge in [0, 0.05) is 26.1 Å². The third kappa shape index (κ3) is 2.37. The summed E-state index contributed by atoms with van der Waals surface area (Å²) in [6.07, 6.45) is 0.758. The van der Waals surface area contributed by atoms with Crippen molar-refractivity contribution < 1.29 is 9.53 Å². The number of ether oxygens (including phenoxy) is 1. The van der Waals surface area contributed by atoms with Crippen molar-refractivity contribution in [1.82, 2.24) is 18.7 Å². The average molecular weight is 375 g/mol. The summed E-state index contributed by atoms with van der Waals surface area (Å²) in [5.74, 6) is 0.577. The van der Waals surface area contributed by atoms with E-state index in [0.717, 1.165) is 22.3 Å². The van der Waals surface area contributed by atoms with Gasteiger partial charge in [-0.05, 0) is 35.4 Å². The molecule has 0 N–H and O–H groups in total. The van der Waals surface area contributed by atoms with Gasteiger partial charge in [0.05, 0.1) is 13.2 Å². The fourth-order valence-electron chi connectivity index (χ4n) is 3.16. The average Bonchev–Trinajstić information content (AvgIpc) is 3.22. The minimum Gasteiger partial charge on any atom is -0.493 e.